The van der Waals surface area contributed by atoms with Crippen LogP contribution >= 0.6 is 22.6 Å². The SMILES string of the molecule is Ic1ccc(Cc2nnco2)cc1. The Hall–Kier alpha value is -0.910. The molecule has 3 nitrogen and oxygen atoms in total. The Labute approximate surface area is 89.3 Å². The summed E-state index contributed by atoms with van der Waals surface area (Å²) < 4.78 is 6.27. The second-order valence-electron chi connectivity index (χ2n) is 2.64. The third-order valence-electron chi connectivity index (χ3n) is 1.67. The Kier molecular flexibility index (Phi) is 2.58. The minimum absolute atomic E-state index is 0.654. The smallest absolute Gasteiger partial charge is 0.220 e. The summed E-state index contributed by atoms with van der Waals surface area (Å²) >= 11 is 2.27. The number of hydrogen-bond donors (Lipinski definition) is 0. The molecule has 2 aromatic rings. The van der Waals surface area contributed by atoms with Crippen molar-refractivity contribution in [2.75, 3.05) is 0 Å². The molecule has 1 heterocycles. The van der Waals surface area contributed by atoms with Gasteiger partial charge in [-0.15, -0.1) is 10.2 Å². The van der Waals surface area contributed by atoms with E-state index >= 15 is 0 Å². The van der Waals surface area contributed by atoms with Gasteiger partial charge in [-0.05, 0) is 40.3 Å². The molecular weight excluding hydrogens is 279 g/mol. The van der Waals surface area contributed by atoms with Gasteiger partial charge in [0.1, 0.15) is 0 Å². The first kappa shape index (κ1) is 8.68. The first-order chi connectivity index (χ1) is 6.34. The van der Waals surface area contributed by atoms with Crippen molar-refractivity contribution >= 4 is 22.6 Å². The zero-order chi connectivity index (χ0) is 9.10. The Bertz CT molecular complexity index is 369. The molecule has 0 aliphatic carbocycles. The standard InChI is InChI=1S/C9H7IN2O/c10-8-3-1-7(2-4-8)5-9-12-11-6-13-9/h1-4,6H,5H2. The largest absolute Gasteiger partial charge is 0.428 e. The van der Waals surface area contributed by atoms with E-state index < -0.39 is 0 Å². The molecule has 1 aromatic heterocycles. The molecule has 0 radical (unpaired) electrons. The highest BCUT2D eigenvalue weighted by molar-refractivity contribution is 14.1. The van der Waals surface area contributed by atoms with Gasteiger partial charge in [-0.2, -0.15) is 0 Å². The molecule has 0 atom stereocenters. The van der Waals surface area contributed by atoms with Gasteiger partial charge < -0.3 is 4.42 Å². The number of rotatable bonds is 2. The fourth-order valence-electron chi connectivity index (χ4n) is 1.05. The normalized spacial score (nSPS) is 10.2. The number of aromatic nitrogens is 2. The van der Waals surface area contributed by atoms with Crippen molar-refractivity contribution in [2.45, 2.75) is 6.42 Å². The van der Waals surface area contributed by atoms with Crippen LogP contribution in [0, 0.1) is 3.57 Å². The third kappa shape index (κ3) is 2.27. The lowest BCUT2D eigenvalue weighted by atomic mass is 10.2. The van der Waals surface area contributed by atoms with E-state index in [2.05, 4.69) is 57.1 Å². The minimum atomic E-state index is 0.654. The molecule has 2 rings (SSSR count). The highest BCUT2D eigenvalue weighted by atomic mass is 127. The third-order valence-corrected chi connectivity index (χ3v) is 2.39. The fourth-order valence-corrected chi connectivity index (χ4v) is 1.41. The maximum atomic E-state index is 5.04. The summed E-state index contributed by atoms with van der Waals surface area (Å²) in [5, 5.41) is 7.43. The van der Waals surface area contributed by atoms with E-state index in [-0.39, 0.29) is 0 Å². The van der Waals surface area contributed by atoms with Gasteiger partial charge in [0, 0.05) is 3.57 Å². The van der Waals surface area contributed by atoms with Crippen LogP contribution < -0.4 is 0 Å². The molecule has 0 aliphatic heterocycles. The molecule has 0 amide bonds. The van der Waals surface area contributed by atoms with Crippen molar-refractivity contribution in [3.63, 3.8) is 0 Å². The lowest BCUT2D eigenvalue weighted by Gasteiger charge is -1.96. The summed E-state index contributed by atoms with van der Waals surface area (Å²) in [6.07, 6.45) is 2.05. The van der Waals surface area contributed by atoms with Gasteiger partial charge in [0.2, 0.25) is 12.3 Å². The van der Waals surface area contributed by atoms with Gasteiger partial charge >= 0.3 is 0 Å². The predicted molar refractivity (Wildman–Crippen MR) is 56.3 cm³/mol. The van der Waals surface area contributed by atoms with Crippen molar-refractivity contribution in [3.05, 3.63) is 45.7 Å². The average Bonchev–Trinajstić information content (AvgIpc) is 2.62. The predicted octanol–water partition coefficient (Wildman–Crippen LogP) is 2.26. The molecule has 0 aliphatic rings. The van der Waals surface area contributed by atoms with Crippen LogP contribution in [0.4, 0.5) is 0 Å². The number of nitrogens with zero attached hydrogens (tertiary/aromatic N) is 2. The van der Waals surface area contributed by atoms with E-state index in [1.165, 1.54) is 15.5 Å². The van der Waals surface area contributed by atoms with Gasteiger partial charge in [0.25, 0.3) is 0 Å². The molecule has 0 fully saturated rings. The average molecular weight is 286 g/mol. The van der Waals surface area contributed by atoms with E-state index in [0.717, 1.165) is 0 Å². The summed E-state index contributed by atoms with van der Waals surface area (Å²) in [7, 11) is 0. The maximum absolute atomic E-state index is 5.04. The number of benzene rings is 1. The van der Waals surface area contributed by atoms with Crippen molar-refractivity contribution in [3.8, 4) is 0 Å². The monoisotopic (exact) mass is 286 g/mol. The second-order valence-corrected chi connectivity index (χ2v) is 3.88. The van der Waals surface area contributed by atoms with E-state index in [9.17, 15) is 0 Å². The molecule has 0 saturated carbocycles. The first-order valence-corrected chi connectivity index (χ1v) is 4.92. The van der Waals surface area contributed by atoms with Gasteiger partial charge in [0.05, 0.1) is 6.42 Å². The highest BCUT2D eigenvalue weighted by Gasteiger charge is 2.00. The zero-order valence-corrected chi connectivity index (χ0v) is 8.93. The van der Waals surface area contributed by atoms with Crippen LogP contribution in [0.3, 0.4) is 0 Å². The fraction of sp³-hybridized carbons (Fsp3) is 0.111. The zero-order valence-electron chi connectivity index (χ0n) is 6.77. The molecule has 4 heteroatoms. The second kappa shape index (κ2) is 3.87. The topological polar surface area (TPSA) is 38.9 Å². The molecule has 0 N–H and O–H groups in total. The van der Waals surface area contributed by atoms with E-state index in [1.807, 2.05) is 0 Å². The molecule has 0 bridgehead atoms. The van der Waals surface area contributed by atoms with Crippen LogP contribution in [0.25, 0.3) is 0 Å². The van der Waals surface area contributed by atoms with Crippen molar-refractivity contribution in [2.24, 2.45) is 0 Å². The highest BCUT2D eigenvalue weighted by Crippen LogP contribution is 2.09. The lowest BCUT2D eigenvalue weighted by Crippen LogP contribution is -1.88. The lowest BCUT2D eigenvalue weighted by molar-refractivity contribution is 0.505. The van der Waals surface area contributed by atoms with Gasteiger partial charge in [0.15, 0.2) is 0 Å². The molecule has 0 spiro atoms. The summed E-state index contributed by atoms with van der Waals surface area (Å²) in [5.41, 5.74) is 1.18. The quantitative estimate of drug-likeness (QED) is 0.795. The molecule has 66 valence electrons. The van der Waals surface area contributed by atoms with Crippen LogP contribution in [0.15, 0.2) is 35.1 Å². The van der Waals surface area contributed by atoms with Crippen LogP contribution in [-0.4, -0.2) is 10.2 Å². The minimum Gasteiger partial charge on any atom is -0.428 e. The summed E-state index contributed by atoms with van der Waals surface area (Å²) in [5.74, 6) is 0.654. The van der Waals surface area contributed by atoms with Crippen LogP contribution in [0.5, 0.6) is 0 Å². The van der Waals surface area contributed by atoms with E-state index in [4.69, 9.17) is 4.42 Å². The summed E-state index contributed by atoms with van der Waals surface area (Å²) in [6, 6.07) is 8.25. The van der Waals surface area contributed by atoms with E-state index in [0.29, 0.717) is 12.3 Å². The number of hydrogen-bond acceptors (Lipinski definition) is 3. The summed E-state index contributed by atoms with van der Waals surface area (Å²) in [4.78, 5) is 0. The number of halogens is 1. The molecule has 0 unspecified atom stereocenters. The van der Waals surface area contributed by atoms with Crippen LogP contribution in [-0.2, 0) is 6.42 Å². The molecule has 1 aromatic carbocycles. The Morgan fingerprint density at radius 2 is 2.00 bits per heavy atom. The van der Waals surface area contributed by atoms with Gasteiger partial charge in [-0.3, -0.25) is 0 Å². The first-order valence-electron chi connectivity index (χ1n) is 3.84. The van der Waals surface area contributed by atoms with Gasteiger partial charge in [-0.1, -0.05) is 12.1 Å². The van der Waals surface area contributed by atoms with E-state index in [1.54, 1.807) is 0 Å². The molecule has 13 heavy (non-hydrogen) atoms. The van der Waals surface area contributed by atoms with Crippen LogP contribution in [0.2, 0.25) is 0 Å². The van der Waals surface area contributed by atoms with Crippen molar-refractivity contribution in [1.82, 2.24) is 10.2 Å². The Morgan fingerprint density at radius 1 is 1.23 bits per heavy atom. The van der Waals surface area contributed by atoms with Crippen molar-refractivity contribution in [1.29, 1.82) is 0 Å². The van der Waals surface area contributed by atoms with Crippen molar-refractivity contribution < 1.29 is 4.42 Å². The van der Waals surface area contributed by atoms with Gasteiger partial charge in [-0.25, -0.2) is 0 Å². The maximum Gasteiger partial charge on any atom is 0.220 e. The molecular formula is C9H7IN2O. The summed E-state index contributed by atoms with van der Waals surface area (Å²) in [6.45, 7) is 0. The Morgan fingerprint density at radius 3 is 2.62 bits per heavy atom. The van der Waals surface area contributed by atoms with Crippen LogP contribution in [0.1, 0.15) is 11.5 Å². The molecule has 0 saturated heterocycles. The Balaban J connectivity index is 2.15.